The van der Waals surface area contributed by atoms with Gasteiger partial charge >= 0.3 is 12.0 Å². The molecule has 0 unspecified atom stereocenters. The zero-order valence-electron chi connectivity index (χ0n) is 12.0. The fourth-order valence-electron chi connectivity index (χ4n) is 1.71. The summed E-state index contributed by atoms with van der Waals surface area (Å²) in [5.74, 6) is -0.833. The second kappa shape index (κ2) is 8.51. The van der Waals surface area contributed by atoms with E-state index in [1.54, 1.807) is 18.2 Å². The molecule has 0 aromatic heterocycles. The average Bonchev–Trinajstić information content (AvgIpc) is 2.45. The number of carbonyl (C=O) groups excluding carboxylic acids is 1. The van der Waals surface area contributed by atoms with Crippen molar-refractivity contribution in [2.24, 2.45) is 0 Å². The average molecular weight is 314 g/mol. The van der Waals surface area contributed by atoms with Gasteiger partial charge in [0, 0.05) is 19.2 Å². The van der Waals surface area contributed by atoms with Crippen molar-refractivity contribution in [3.63, 3.8) is 0 Å². The maximum Gasteiger partial charge on any atom is 0.326 e. The monoisotopic (exact) mass is 314 g/mol. The number of hydrogen-bond donors (Lipinski definition) is 2. The van der Waals surface area contributed by atoms with Crippen molar-refractivity contribution in [3.05, 3.63) is 35.6 Å². The molecule has 116 valence electrons. The van der Waals surface area contributed by atoms with Crippen LogP contribution in [-0.4, -0.2) is 47.1 Å². The lowest BCUT2D eigenvalue weighted by Gasteiger charge is -2.21. The molecule has 21 heavy (non-hydrogen) atoms. The highest BCUT2D eigenvalue weighted by Crippen LogP contribution is 2.09. The van der Waals surface area contributed by atoms with E-state index in [0.29, 0.717) is 17.7 Å². The van der Waals surface area contributed by atoms with Gasteiger partial charge in [0.15, 0.2) is 0 Å². The van der Waals surface area contributed by atoms with Gasteiger partial charge in [-0.2, -0.15) is 11.8 Å². The normalized spacial score (nSPS) is 11.8. The van der Waals surface area contributed by atoms with Crippen LogP contribution < -0.4 is 5.32 Å². The van der Waals surface area contributed by atoms with Crippen molar-refractivity contribution in [1.82, 2.24) is 10.2 Å². The molecule has 1 aromatic rings. The molecule has 0 fully saturated rings. The van der Waals surface area contributed by atoms with Crippen LogP contribution in [0.1, 0.15) is 12.0 Å². The fourth-order valence-corrected chi connectivity index (χ4v) is 2.18. The van der Waals surface area contributed by atoms with E-state index in [9.17, 15) is 14.0 Å². The number of nitrogens with one attached hydrogen (secondary N) is 1. The van der Waals surface area contributed by atoms with Crippen LogP contribution in [0.15, 0.2) is 24.3 Å². The van der Waals surface area contributed by atoms with Crippen LogP contribution in [0.2, 0.25) is 0 Å². The summed E-state index contributed by atoms with van der Waals surface area (Å²) in [6.07, 6.45) is 2.21. The molecule has 0 saturated heterocycles. The summed E-state index contributed by atoms with van der Waals surface area (Å²) in [5.41, 5.74) is 0.381. The number of benzene rings is 1. The maximum absolute atomic E-state index is 13.5. The predicted octanol–water partition coefficient (Wildman–Crippen LogP) is 2.17. The van der Waals surface area contributed by atoms with Gasteiger partial charge in [-0.25, -0.2) is 14.0 Å². The molecule has 0 aliphatic carbocycles. The minimum Gasteiger partial charge on any atom is -0.480 e. The number of nitrogens with zero attached hydrogens (tertiary/aromatic N) is 1. The summed E-state index contributed by atoms with van der Waals surface area (Å²) in [7, 11) is 1.50. The molecule has 1 rings (SSSR count). The van der Waals surface area contributed by atoms with Gasteiger partial charge in [-0.3, -0.25) is 0 Å². The standard InChI is InChI=1S/C14H19FN2O3S/c1-17(9-10-5-3-4-6-11(10)15)14(20)16-12(13(18)19)7-8-21-2/h3-6,12H,7-9H2,1-2H3,(H,16,20)(H,18,19)/t12-/m1/s1. The summed E-state index contributed by atoms with van der Waals surface area (Å²) in [6, 6.07) is 4.69. The number of carboxylic acid groups (broad SMARTS) is 1. The van der Waals surface area contributed by atoms with Crippen molar-refractivity contribution in [1.29, 1.82) is 0 Å². The number of aliphatic carboxylic acids is 1. The number of urea groups is 1. The lowest BCUT2D eigenvalue weighted by atomic mass is 10.2. The van der Waals surface area contributed by atoms with Crippen LogP contribution in [0, 0.1) is 5.82 Å². The molecule has 0 aliphatic rings. The summed E-state index contributed by atoms with van der Waals surface area (Å²) in [6.45, 7) is 0.0768. The number of rotatable bonds is 7. The highest BCUT2D eigenvalue weighted by Gasteiger charge is 2.21. The molecular formula is C14H19FN2O3S. The van der Waals surface area contributed by atoms with Gasteiger partial charge in [-0.05, 0) is 24.5 Å². The zero-order valence-corrected chi connectivity index (χ0v) is 12.8. The van der Waals surface area contributed by atoms with Gasteiger partial charge in [0.1, 0.15) is 11.9 Å². The highest BCUT2D eigenvalue weighted by atomic mass is 32.2. The molecule has 0 bridgehead atoms. The molecule has 0 spiro atoms. The molecular weight excluding hydrogens is 295 g/mol. The number of carbonyl (C=O) groups is 2. The Morgan fingerprint density at radius 2 is 2.10 bits per heavy atom. The molecule has 1 atom stereocenters. The third-order valence-corrected chi connectivity index (χ3v) is 3.56. The first-order valence-electron chi connectivity index (χ1n) is 6.42. The Kier molecular flexibility index (Phi) is 7.01. The lowest BCUT2D eigenvalue weighted by molar-refractivity contribution is -0.139. The van der Waals surface area contributed by atoms with E-state index < -0.39 is 23.9 Å². The first kappa shape index (κ1) is 17.3. The minimum absolute atomic E-state index is 0.0768. The van der Waals surface area contributed by atoms with Gasteiger partial charge in [0.2, 0.25) is 0 Å². The van der Waals surface area contributed by atoms with E-state index in [0.717, 1.165) is 0 Å². The molecule has 5 nitrogen and oxygen atoms in total. The Morgan fingerprint density at radius 3 is 2.67 bits per heavy atom. The SMILES string of the molecule is CSCC[C@@H](NC(=O)N(C)Cc1ccccc1F)C(=O)O. The molecule has 0 heterocycles. The smallest absolute Gasteiger partial charge is 0.326 e. The van der Waals surface area contributed by atoms with Crippen molar-refractivity contribution in [2.75, 3.05) is 19.1 Å². The second-order valence-corrected chi connectivity index (χ2v) is 5.55. The maximum atomic E-state index is 13.5. The van der Waals surface area contributed by atoms with E-state index in [2.05, 4.69) is 5.32 Å². The Morgan fingerprint density at radius 1 is 1.43 bits per heavy atom. The highest BCUT2D eigenvalue weighted by molar-refractivity contribution is 7.98. The first-order valence-corrected chi connectivity index (χ1v) is 7.82. The summed E-state index contributed by atoms with van der Waals surface area (Å²) < 4.78 is 13.5. The van der Waals surface area contributed by atoms with E-state index in [1.807, 2.05) is 6.26 Å². The quantitative estimate of drug-likeness (QED) is 0.809. The first-order chi connectivity index (χ1) is 9.95. The molecule has 7 heteroatoms. The molecule has 2 N–H and O–H groups in total. The second-order valence-electron chi connectivity index (χ2n) is 4.57. The number of amides is 2. The van der Waals surface area contributed by atoms with Crippen molar-refractivity contribution < 1.29 is 19.1 Å². The molecule has 1 aromatic carbocycles. The van der Waals surface area contributed by atoms with Crippen LogP contribution in [0.25, 0.3) is 0 Å². The van der Waals surface area contributed by atoms with E-state index >= 15 is 0 Å². The largest absolute Gasteiger partial charge is 0.480 e. The number of thioether (sulfide) groups is 1. The molecule has 2 amide bonds. The van der Waals surface area contributed by atoms with Crippen LogP contribution in [-0.2, 0) is 11.3 Å². The third-order valence-electron chi connectivity index (χ3n) is 2.92. The molecule has 0 saturated carbocycles. The predicted molar refractivity (Wildman–Crippen MR) is 80.8 cm³/mol. The van der Waals surface area contributed by atoms with Gasteiger partial charge in [-0.15, -0.1) is 0 Å². The van der Waals surface area contributed by atoms with Gasteiger partial charge in [-0.1, -0.05) is 18.2 Å². The van der Waals surface area contributed by atoms with Crippen molar-refractivity contribution >= 4 is 23.8 Å². The molecule has 0 aliphatic heterocycles. The Labute approximate surface area is 127 Å². The summed E-state index contributed by atoms with van der Waals surface area (Å²) >= 11 is 1.51. The summed E-state index contributed by atoms with van der Waals surface area (Å²) in [5, 5.41) is 11.5. The van der Waals surface area contributed by atoms with Crippen LogP contribution in [0.4, 0.5) is 9.18 Å². The van der Waals surface area contributed by atoms with Gasteiger partial charge in [0.25, 0.3) is 0 Å². The Hall–Kier alpha value is -1.76. The minimum atomic E-state index is -1.07. The van der Waals surface area contributed by atoms with E-state index in [4.69, 9.17) is 5.11 Å². The fraction of sp³-hybridized carbons (Fsp3) is 0.429. The van der Waals surface area contributed by atoms with Gasteiger partial charge < -0.3 is 15.3 Å². The van der Waals surface area contributed by atoms with Crippen LogP contribution in [0.3, 0.4) is 0 Å². The Balaban J connectivity index is 2.61. The Bertz CT molecular complexity index is 499. The molecule has 0 radical (unpaired) electrons. The number of carboxylic acids is 1. The van der Waals surface area contributed by atoms with Crippen LogP contribution >= 0.6 is 11.8 Å². The van der Waals surface area contributed by atoms with Crippen molar-refractivity contribution in [3.8, 4) is 0 Å². The number of halogens is 1. The lowest BCUT2D eigenvalue weighted by Crippen LogP contribution is -2.46. The number of hydrogen-bond acceptors (Lipinski definition) is 3. The summed E-state index contributed by atoms with van der Waals surface area (Å²) in [4.78, 5) is 24.3. The third kappa shape index (κ3) is 5.63. The topological polar surface area (TPSA) is 69.6 Å². The van der Waals surface area contributed by atoms with Crippen LogP contribution in [0.5, 0.6) is 0 Å². The van der Waals surface area contributed by atoms with E-state index in [1.165, 1.54) is 29.8 Å². The zero-order chi connectivity index (χ0) is 15.8. The van der Waals surface area contributed by atoms with Crippen molar-refractivity contribution in [2.45, 2.75) is 19.0 Å². The van der Waals surface area contributed by atoms with Gasteiger partial charge in [0.05, 0.1) is 0 Å². The van der Waals surface area contributed by atoms with E-state index in [-0.39, 0.29) is 6.54 Å².